The first-order chi connectivity index (χ1) is 9.50. The average molecular weight is 294 g/mol. The molecule has 0 saturated carbocycles. The smallest absolute Gasteiger partial charge is 0.273 e. The predicted molar refractivity (Wildman–Crippen MR) is 72.5 cm³/mol. The van der Waals surface area contributed by atoms with Crippen molar-refractivity contribution in [1.82, 2.24) is 0 Å². The van der Waals surface area contributed by atoms with Gasteiger partial charge >= 0.3 is 0 Å². The Morgan fingerprint density at radius 1 is 1.20 bits per heavy atom. The molecule has 0 radical (unpaired) electrons. The minimum atomic E-state index is -0.808. The molecule has 4 nitrogen and oxygen atoms in total. The van der Waals surface area contributed by atoms with Crippen molar-refractivity contribution in [2.24, 2.45) is 0 Å². The number of nitrogens with zero attached hydrogens (tertiary/aromatic N) is 1. The Kier molecular flexibility index (Phi) is 4.10. The van der Waals surface area contributed by atoms with Crippen molar-refractivity contribution in [3.8, 4) is 0 Å². The number of hydrogen-bond acceptors (Lipinski definition) is 3. The van der Waals surface area contributed by atoms with Crippen LogP contribution in [0.1, 0.15) is 15.9 Å². The SMILES string of the molecule is O=C(Cc1ccccc1[N+](=O)[O-])c1cccc(Cl)c1F. The second kappa shape index (κ2) is 5.79. The first-order valence-corrected chi connectivity index (χ1v) is 6.08. The third-order valence-corrected chi connectivity index (χ3v) is 3.08. The van der Waals surface area contributed by atoms with Crippen molar-refractivity contribution >= 4 is 23.1 Å². The molecule has 0 aromatic heterocycles. The van der Waals surface area contributed by atoms with Crippen LogP contribution in [-0.4, -0.2) is 10.7 Å². The maximum atomic E-state index is 13.7. The van der Waals surface area contributed by atoms with E-state index in [1.807, 2.05) is 0 Å². The molecule has 0 bridgehead atoms. The molecule has 0 aliphatic carbocycles. The summed E-state index contributed by atoms with van der Waals surface area (Å²) >= 11 is 5.61. The molecule has 6 heteroatoms. The van der Waals surface area contributed by atoms with Gasteiger partial charge in [0.15, 0.2) is 11.6 Å². The number of carbonyl (C=O) groups excluding carboxylic acids is 1. The molecule has 0 aliphatic heterocycles. The number of carbonyl (C=O) groups is 1. The van der Waals surface area contributed by atoms with Crippen LogP contribution in [0.4, 0.5) is 10.1 Å². The Morgan fingerprint density at radius 2 is 1.90 bits per heavy atom. The van der Waals surface area contributed by atoms with Gasteiger partial charge in [-0.05, 0) is 12.1 Å². The fourth-order valence-electron chi connectivity index (χ4n) is 1.83. The number of Topliss-reactive ketones (excluding diaryl/α,β-unsaturated/α-hetero) is 1. The number of rotatable bonds is 4. The Morgan fingerprint density at radius 3 is 2.60 bits per heavy atom. The van der Waals surface area contributed by atoms with Gasteiger partial charge in [-0.1, -0.05) is 35.9 Å². The highest BCUT2D eigenvalue weighted by Gasteiger charge is 2.19. The van der Waals surface area contributed by atoms with Gasteiger partial charge in [0.05, 0.1) is 15.5 Å². The first kappa shape index (κ1) is 14.1. The van der Waals surface area contributed by atoms with Gasteiger partial charge in [-0.2, -0.15) is 0 Å². The number of nitro benzene ring substituents is 1. The molecule has 2 rings (SSSR count). The van der Waals surface area contributed by atoms with Crippen molar-refractivity contribution in [3.05, 3.63) is 74.5 Å². The summed E-state index contributed by atoms with van der Waals surface area (Å²) in [6, 6.07) is 9.96. The topological polar surface area (TPSA) is 60.2 Å². The minimum Gasteiger partial charge on any atom is -0.294 e. The van der Waals surface area contributed by atoms with Crippen LogP contribution in [0.25, 0.3) is 0 Å². The molecule has 20 heavy (non-hydrogen) atoms. The van der Waals surface area contributed by atoms with Gasteiger partial charge in [-0.25, -0.2) is 4.39 Å². The second-order valence-corrected chi connectivity index (χ2v) is 4.49. The molecule has 102 valence electrons. The summed E-state index contributed by atoms with van der Waals surface area (Å²) in [6.07, 6.45) is -0.256. The van der Waals surface area contributed by atoms with Crippen LogP contribution in [0.5, 0.6) is 0 Å². The number of halogens is 2. The summed E-state index contributed by atoms with van der Waals surface area (Å²) in [6.45, 7) is 0. The molecule has 0 N–H and O–H groups in total. The third kappa shape index (κ3) is 2.83. The summed E-state index contributed by atoms with van der Waals surface area (Å²) in [5.74, 6) is -1.36. The van der Waals surface area contributed by atoms with Crippen LogP contribution in [-0.2, 0) is 6.42 Å². The standard InChI is InChI=1S/C14H9ClFNO3/c15-11-6-3-5-10(14(11)16)13(18)8-9-4-1-2-7-12(9)17(19)20/h1-7H,8H2. The Hall–Kier alpha value is -2.27. The lowest BCUT2D eigenvalue weighted by atomic mass is 10.0. The number of nitro groups is 1. The third-order valence-electron chi connectivity index (χ3n) is 2.79. The fourth-order valence-corrected chi connectivity index (χ4v) is 2.00. The van der Waals surface area contributed by atoms with E-state index in [2.05, 4.69) is 0 Å². The van der Waals surface area contributed by atoms with E-state index in [4.69, 9.17) is 11.6 Å². The van der Waals surface area contributed by atoms with Gasteiger partial charge in [0, 0.05) is 18.1 Å². The minimum absolute atomic E-state index is 0.154. The van der Waals surface area contributed by atoms with Gasteiger partial charge < -0.3 is 0 Å². The predicted octanol–water partition coefficient (Wildman–Crippen LogP) is 3.81. The lowest BCUT2D eigenvalue weighted by Crippen LogP contribution is -2.08. The average Bonchev–Trinajstić information content (AvgIpc) is 2.42. The highest BCUT2D eigenvalue weighted by molar-refractivity contribution is 6.31. The lowest BCUT2D eigenvalue weighted by Gasteiger charge is -2.04. The van der Waals surface area contributed by atoms with Crippen LogP contribution in [0.3, 0.4) is 0 Å². The molecule has 0 heterocycles. The first-order valence-electron chi connectivity index (χ1n) is 5.70. The fraction of sp³-hybridized carbons (Fsp3) is 0.0714. The van der Waals surface area contributed by atoms with E-state index in [1.165, 1.54) is 36.4 Å². The number of benzene rings is 2. The van der Waals surface area contributed by atoms with Crippen molar-refractivity contribution < 1.29 is 14.1 Å². The van der Waals surface area contributed by atoms with Crippen molar-refractivity contribution in [1.29, 1.82) is 0 Å². The van der Waals surface area contributed by atoms with Gasteiger partial charge in [0.25, 0.3) is 5.69 Å². The Labute approximate surface area is 119 Å². The van der Waals surface area contributed by atoms with Gasteiger partial charge in [-0.3, -0.25) is 14.9 Å². The monoisotopic (exact) mass is 293 g/mol. The molecule has 0 saturated heterocycles. The molecule has 0 fully saturated rings. The van der Waals surface area contributed by atoms with Crippen molar-refractivity contribution in [2.45, 2.75) is 6.42 Å². The molecule has 0 atom stereocenters. The van der Waals surface area contributed by atoms with Crippen LogP contribution in [0.15, 0.2) is 42.5 Å². The van der Waals surface area contributed by atoms with E-state index in [0.29, 0.717) is 0 Å². The van der Waals surface area contributed by atoms with E-state index < -0.39 is 16.5 Å². The zero-order valence-electron chi connectivity index (χ0n) is 10.2. The summed E-state index contributed by atoms with van der Waals surface area (Å²) in [5, 5.41) is 10.7. The molecule has 2 aromatic rings. The molecule has 0 amide bonds. The van der Waals surface area contributed by atoms with Crippen LogP contribution in [0, 0.1) is 15.9 Å². The van der Waals surface area contributed by atoms with E-state index in [-0.39, 0.29) is 28.3 Å². The van der Waals surface area contributed by atoms with E-state index in [9.17, 15) is 19.3 Å². The van der Waals surface area contributed by atoms with Crippen molar-refractivity contribution in [2.75, 3.05) is 0 Å². The van der Waals surface area contributed by atoms with E-state index in [1.54, 1.807) is 6.07 Å². The van der Waals surface area contributed by atoms with Gasteiger partial charge in [-0.15, -0.1) is 0 Å². The zero-order valence-corrected chi connectivity index (χ0v) is 10.9. The van der Waals surface area contributed by atoms with Crippen LogP contribution in [0.2, 0.25) is 5.02 Å². The summed E-state index contributed by atoms with van der Waals surface area (Å²) in [5.41, 5.74) is -0.0965. The van der Waals surface area contributed by atoms with E-state index in [0.717, 1.165) is 0 Å². The summed E-state index contributed by atoms with van der Waals surface area (Å²) in [4.78, 5) is 22.3. The largest absolute Gasteiger partial charge is 0.294 e. The summed E-state index contributed by atoms with van der Waals surface area (Å²) < 4.78 is 13.7. The molecular weight excluding hydrogens is 285 g/mol. The number of para-hydroxylation sites is 1. The van der Waals surface area contributed by atoms with Gasteiger partial charge in [0.1, 0.15) is 0 Å². The zero-order chi connectivity index (χ0) is 14.7. The lowest BCUT2D eigenvalue weighted by molar-refractivity contribution is -0.385. The molecule has 0 unspecified atom stereocenters. The highest BCUT2D eigenvalue weighted by Crippen LogP contribution is 2.23. The van der Waals surface area contributed by atoms with Crippen LogP contribution < -0.4 is 0 Å². The highest BCUT2D eigenvalue weighted by atomic mass is 35.5. The maximum absolute atomic E-state index is 13.7. The molecule has 0 aliphatic rings. The molecular formula is C14H9ClFNO3. The maximum Gasteiger partial charge on any atom is 0.273 e. The van der Waals surface area contributed by atoms with Gasteiger partial charge in [0.2, 0.25) is 0 Å². The summed E-state index contributed by atoms with van der Waals surface area (Å²) in [7, 11) is 0. The number of ketones is 1. The van der Waals surface area contributed by atoms with Crippen LogP contribution >= 0.6 is 11.6 Å². The quantitative estimate of drug-likeness (QED) is 0.489. The normalized spacial score (nSPS) is 10.3. The molecule has 0 spiro atoms. The second-order valence-electron chi connectivity index (χ2n) is 4.09. The Balaban J connectivity index is 2.33. The number of hydrogen-bond donors (Lipinski definition) is 0. The molecule has 2 aromatic carbocycles. The van der Waals surface area contributed by atoms with E-state index >= 15 is 0 Å². The van der Waals surface area contributed by atoms with Crippen molar-refractivity contribution in [3.63, 3.8) is 0 Å². The Bertz CT molecular complexity index is 688.